The third-order valence-corrected chi connectivity index (χ3v) is 0.801. The van der Waals surface area contributed by atoms with E-state index in [4.69, 9.17) is 15.8 Å². The summed E-state index contributed by atoms with van der Waals surface area (Å²) < 4.78 is 11.3. The Morgan fingerprint density at radius 2 is 0.938 bits per heavy atom. The minimum Gasteiger partial charge on any atom is -0.427 e. The van der Waals surface area contributed by atoms with Gasteiger partial charge in [0.2, 0.25) is 0 Å². The molecule has 0 aromatic heterocycles. The first-order valence-electron chi connectivity index (χ1n) is 3.09. The highest BCUT2D eigenvalue weighted by molar-refractivity contribution is 6.43. The van der Waals surface area contributed by atoms with E-state index in [1.807, 2.05) is 0 Å². The fourth-order valence-electron chi connectivity index (χ4n) is 0.372. The van der Waals surface area contributed by atoms with Crippen molar-refractivity contribution in [3.8, 4) is 0 Å². The van der Waals surface area contributed by atoms with Crippen molar-refractivity contribution in [2.24, 2.45) is 0 Å². The van der Waals surface area contributed by atoms with E-state index in [1.165, 1.54) is 0 Å². The van der Waals surface area contributed by atoms with Crippen LogP contribution in [0.25, 0.3) is 0 Å². The molecule has 0 heterocycles. The number of carbonyl (C=O) groups excluding carboxylic acids is 3. The first-order valence-corrected chi connectivity index (χ1v) is 3.09. The second-order valence-electron chi connectivity index (χ2n) is 1.67. The van der Waals surface area contributed by atoms with Gasteiger partial charge in [0.25, 0.3) is 0 Å². The molecule has 0 rings (SSSR count). The van der Waals surface area contributed by atoms with Crippen molar-refractivity contribution < 1.29 is 58.8 Å². The molecule has 0 aliphatic heterocycles. The van der Waals surface area contributed by atoms with Gasteiger partial charge in [0.15, 0.2) is 0 Å². The summed E-state index contributed by atoms with van der Waals surface area (Å²) in [5.74, 6) is 0. The molecular formula is C3H3BO12. The van der Waals surface area contributed by atoms with Crippen LogP contribution in [0.4, 0.5) is 14.4 Å². The van der Waals surface area contributed by atoms with Gasteiger partial charge in [-0.25, -0.2) is 14.4 Å². The van der Waals surface area contributed by atoms with E-state index in [9.17, 15) is 14.4 Å². The smallest absolute Gasteiger partial charge is 0.427 e. The Balaban J connectivity index is 4.31. The average molecular weight is 242 g/mol. The molecule has 0 aromatic carbocycles. The van der Waals surface area contributed by atoms with Crippen LogP contribution >= 0.6 is 0 Å². The maximum Gasteiger partial charge on any atom is 0.877 e. The Labute approximate surface area is 85.7 Å². The van der Waals surface area contributed by atoms with Crippen molar-refractivity contribution in [3.63, 3.8) is 0 Å². The van der Waals surface area contributed by atoms with E-state index in [1.54, 1.807) is 0 Å². The molecule has 0 aliphatic carbocycles. The summed E-state index contributed by atoms with van der Waals surface area (Å²) in [6, 6.07) is 0. The van der Waals surface area contributed by atoms with Gasteiger partial charge < -0.3 is 14.0 Å². The third-order valence-electron chi connectivity index (χ3n) is 0.801. The lowest BCUT2D eigenvalue weighted by Crippen LogP contribution is -2.34. The fraction of sp³-hybridized carbons (Fsp3) is 0. The lowest BCUT2D eigenvalue weighted by Gasteiger charge is -2.08. The highest BCUT2D eigenvalue weighted by atomic mass is 17.2. The van der Waals surface area contributed by atoms with Gasteiger partial charge in [-0.3, -0.25) is 14.7 Å². The van der Waals surface area contributed by atoms with Crippen molar-refractivity contribution >= 4 is 25.8 Å². The number of carbonyl (C=O) groups is 3. The van der Waals surface area contributed by atoms with Crippen molar-refractivity contribution in [2.45, 2.75) is 0 Å². The molecule has 16 heavy (non-hydrogen) atoms. The minimum absolute atomic E-state index is 1.83. The molecule has 13 heteroatoms. The van der Waals surface area contributed by atoms with Crippen LogP contribution in [0.15, 0.2) is 0 Å². The molecule has 0 saturated carbocycles. The normalized spacial score (nSPS) is 8.44. The van der Waals surface area contributed by atoms with Crippen LogP contribution in [0.1, 0.15) is 0 Å². The average Bonchev–Trinajstić information content (AvgIpc) is 2.28. The SMILES string of the molecule is O=C(OO)OB(OC(=O)OO)OC(=O)OO. The highest BCUT2D eigenvalue weighted by Gasteiger charge is 2.39. The van der Waals surface area contributed by atoms with Crippen LogP contribution < -0.4 is 0 Å². The van der Waals surface area contributed by atoms with E-state index >= 15 is 0 Å². The molecule has 0 atom stereocenters. The van der Waals surface area contributed by atoms with Crippen molar-refractivity contribution in [1.29, 1.82) is 0 Å². The zero-order valence-electron chi connectivity index (χ0n) is 7.09. The molecular weight excluding hydrogens is 239 g/mol. The van der Waals surface area contributed by atoms with Gasteiger partial charge in [-0.15, -0.1) is 0 Å². The van der Waals surface area contributed by atoms with Crippen LogP contribution in [0.2, 0.25) is 0 Å². The van der Waals surface area contributed by atoms with Gasteiger partial charge in [0, 0.05) is 0 Å². The number of hydrogen-bond acceptors (Lipinski definition) is 12. The second-order valence-corrected chi connectivity index (χ2v) is 1.67. The van der Waals surface area contributed by atoms with Crippen LogP contribution in [0, 0.1) is 0 Å². The zero-order valence-corrected chi connectivity index (χ0v) is 7.09. The molecule has 0 bridgehead atoms. The van der Waals surface area contributed by atoms with E-state index in [0.29, 0.717) is 0 Å². The summed E-state index contributed by atoms with van der Waals surface area (Å²) in [6.45, 7) is 0. The van der Waals surface area contributed by atoms with Crippen molar-refractivity contribution in [3.05, 3.63) is 0 Å². The summed E-state index contributed by atoms with van der Waals surface area (Å²) in [5.41, 5.74) is 0. The molecule has 0 radical (unpaired) electrons. The van der Waals surface area contributed by atoms with Gasteiger partial charge >= 0.3 is 25.8 Å². The quantitative estimate of drug-likeness (QED) is 0.259. The molecule has 0 saturated heterocycles. The summed E-state index contributed by atoms with van der Waals surface area (Å²) >= 11 is 0. The van der Waals surface area contributed by atoms with Gasteiger partial charge in [0.1, 0.15) is 0 Å². The van der Waals surface area contributed by atoms with Crippen molar-refractivity contribution in [2.75, 3.05) is 0 Å². The van der Waals surface area contributed by atoms with Crippen LogP contribution in [0.5, 0.6) is 0 Å². The summed E-state index contributed by atoms with van der Waals surface area (Å²) in [7, 11) is -2.43. The number of hydrogen-bond donors (Lipinski definition) is 3. The van der Waals surface area contributed by atoms with E-state index in [0.717, 1.165) is 0 Å². The van der Waals surface area contributed by atoms with Crippen LogP contribution in [0.3, 0.4) is 0 Å². The van der Waals surface area contributed by atoms with E-state index in [2.05, 4.69) is 28.6 Å². The summed E-state index contributed by atoms with van der Waals surface area (Å²) in [4.78, 5) is 39.7. The highest BCUT2D eigenvalue weighted by Crippen LogP contribution is 1.99. The monoisotopic (exact) mass is 242 g/mol. The fourth-order valence-corrected chi connectivity index (χ4v) is 0.372. The van der Waals surface area contributed by atoms with Crippen LogP contribution in [-0.4, -0.2) is 41.6 Å². The molecule has 0 aromatic rings. The molecule has 0 aliphatic rings. The largest absolute Gasteiger partial charge is 0.877 e. The Kier molecular flexibility index (Phi) is 6.10. The first-order chi connectivity index (χ1) is 7.53. The predicted octanol–water partition coefficient (Wildman–Crippen LogP) is -0.150. The molecule has 12 nitrogen and oxygen atoms in total. The van der Waals surface area contributed by atoms with Gasteiger partial charge in [-0.1, -0.05) is 0 Å². The van der Waals surface area contributed by atoms with Gasteiger partial charge in [-0.05, 0) is 0 Å². The summed E-state index contributed by atoms with van der Waals surface area (Å²) in [6.07, 6.45) is -5.50. The third kappa shape index (κ3) is 5.48. The molecule has 90 valence electrons. The Hall–Kier alpha value is -2.25. The van der Waals surface area contributed by atoms with Crippen molar-refractivity contribution in [1.82, 2.24) is 0 Å². The van der Waals surface area contributed by atoms with E-state index < -0.39 is 25.8 Å². The Morgan fingerprint density at radius 1 is 0.688 bits per heavy atom. The molecule has 0 fully saturated rings. The molecule has 0 unspecified atom stereocenters. The zero-order chi connectivity index (χ0) is 12.6. The Morgan fingerprint density at radius 3 is 1.12 bits per heavy atom. The Bertz CT molecular complexity index is 218. The van der Waals surface area contributed by atoms with Gasteiger partial charge in [-0.2, -0.15) is 15.8 Å². The minimum atomic E-state index is -2.43. The number of rotatable bonds is 3. The van der Waals surface area contributed by atoms with Gasteiger partial charge in [0.05, 0.1) is 0 Å². The topological polar surface area (TPSA) is 167 Å². The standard InChI is InChI=1S/C3H3BO12/c5-1(14-8)11-4(12-2(6)15-9)13-3(7)16-10/h8-10H. The maximum atomic E-state index is 10.3. The lowest BCUT2D eigenvalue weighted by atomic mass is 10.2. The first kappa shape index (κ1) is 13.8. The summed E-state index contributed by atoms with van der Waals surface area (Å²) in [5, 5.41) is 23.2. The van der Waals surface area contributed by atoms with E-state index in [-0.39, 0.29) is 0 Å². The lowest BCUT2D eigenvalue weighted by molar-refractivity contribution is -0.206. The predicted molar refractivity (Wildman–Crippen MR) is 36.3 cm³/mol. The molecule has 3 N–H and O–H groups in total. The second kappa shape index (κ2) is 7.10. The molecule has 0 amide bonds. The molecule has 0 spiro atoms. The van der Waals surface area contributed by atoms with Crippen LogP contribution in [-0.2, 0) is 28.6 Å². The maximum absolute atomic E-state index is 10.3.